The maximum atomic E-state index is 13.2. The van der Waals surface area contributed by atoms with Gasteiger partial charge >= 0.3 is 0 Å². The van der Waals surface area contributed by atoms with Crippen LogP contribution in [-0.4, -0.2) is 47.7 Å². The number of fused-ring (bicyclic) bond motifs is 1. The highest BCUT2D eigenvalue weighted by Gasteiger charge is 2.20. The average Bonchev–Trinajstić information content (AvgIpc) is 3.19. The van der Waals surface area contributed by atoms with E-state index in [9.17, 15) is 4.79 Å². The van der Waals surface area contributed by atoms with Crippen LogP contribution >= 0.6 is 23.1 Å². The zero-order valence-electron chi connectivity index (χ0n) is 19.1. The van der Waals surface area contributed by atoms with E-state index < -0.39 is 0 Å². The largest absolute Gasteiger partial charge is 0.302 e. The van der Waals surface area contributed by atoms with Crippen LogP contribution in [-0.2, 0) is 4.79 Å². The lowest BCUT2D eigenvalue weighted by atomic mass is 10.1. The minimum Gasteiger partial charge on any atom is -0.302 e. The molecule has 3 rings (SSSR count). The van der Waals surface area contributed by atoms with Gasteiger partial charge in [-0.05, 0) is 68.4 Å². The molecular weight excluding hydrogens is 422 g/mol. The van der Waals surface area contributed by atoms with Crippen LogP contribution in [0.5, 0.6) is 0 Å². The third-order valence-electron chi connectivity index (χ3n) is 5.43. The topological polar surface area (TPSA) is 36.4 Å². The van der Waals surface area contributed by atoms with Crippen molar-refractivity contribution < 1.29 is 4.79 Å². The Labute approximate surface area is 194 Å². The molecule has 0 unspecified atom stereocenters. The van der Waals surface area contributed by atoms with E-state index in [0.717, 1.165) is 47.2 Å². The summed E-state index contributed by atoms with van der Waals surface area (Å²) < 4.78 is 1.16. The molecule has 0 fully saturated rings. The molecule has 0 spiro atoms. The standard InChI is InChI=1S/C25H33N3OS2/c1-5-27(6-2)14-15-28(23(29)13-10-16-30-21-11-8-7-9-12-21)25-26-24-20(4)17-19(3)18-22(24)31-25/h7-9,11-12,17-18H,5-6,10,13-16H2,1-4H3. The summed E-state index contributed by atoms with van der Waals surface area (Å²) >= 11 is 3.45. The highest BCUT2D eigenvalue weighted by atomic mass is 32.2. The van der Waals surface area contributed by atoms with Gasteiger partial charge in [-0.25, -0.2) is 4.98 Å². The Hall–Kier alpha value is -1.89. The molecule has 0 saturated carbocycles. The Kier molecular flexibility index (Phi) is 8.93. The van der Waals surface area contributed by atoms with Crippen molar-refractivity contribution in [3.05, 3.63) is 53.6 Å². The molecule has 0 aliphatic carbocycles. The monoisotopic (exact) mass is 455 g/mol. The second-order valence-corrected chi connectivity index (χ2v) is 9.94. The summed E-state index contributed by atoms with van der Waals surface area (Å²) in [5, 5.41) is 0.830. The SMILES string of the molecule is CCN(CC)CCN(C(=O)CCCSc1ccccc1)c1nc2c(C)cc(C)cc2s1. The number of anilines is 1. The van der Waals surface area contributed by atoms with Crippen LogP contribution in [0.3, 0.4) is 0 Å². The molecule has 1 aromatic heterocycles. The predicted octanol–water partition coefficient (Wildman–Crippen LogP) is 6.16. The van der Waals surface area contributed by atoms with Crippen molar-refractivity contribution in [2.45, 2.75) is 45.4 Å². The van der Waals surface area contributed by atoms with Crippen LogP contribution < -0.4 is 4.90 Å². The molecule has 166 valence electrons. The van der Waals surface area contributed by atoms with Gasteiger partial charge in [0.2, 0.25) is 5.91 Å². The van der Waals surface area contributed by atoms with Crippen molar-refractivity contribution in [2.75, 3.05) is 36.8 Å². The van der Waals surface area contributed by atoms with Crippen LogP contribution in [0.15, 0.2) is 47.4 Å². The van der Waals surface area contributed by atoms with Crippen molar-refractivity contribution in [2.24, 2.45) is 0 Å². The third kappa shape index (κ3) is 6.55. The fourth-order valence-corrected chi connectivity index (χ4v) is 5.71. The second kappa shape index (κ2) is 11.7. The van der Waals surface area contributed by atoms with E-state index in [1.54, 1.807) is 11.3 Å². The van der Waals surface area contributed by atoms with Crippen LogP contribution in [0.1, 0.15) is 37.8 Å². The van der Waals surface area contributed by atoms with Crippen LogP contribution in [0.4, 0.5) is 5.13 Å². The van der Waals surface area contributed by atoms with Crippen LogP contribution in [0, 0.1) is 13.8 Å². The third-order valence-corrected chi connectivity index (χ3v) is 7.56. The average molecular weight is 456 g/mol. The summed E-state index contributed by atoms with van der Waals surface area (Å²) in [7, 11) is 0. The number of hydrogen-bond donors (Lipinski definition) is 0. The van der Waals surface area contributed by atoms with E-state index in [1.807, 2.05) is 22.7 Å². The number of rotatable bonds is 11. The van der Waals surface area contributed by atoms with E-state index in [-0.39, 0.29) is 5.91 Å². The number of carbonyl (C=O) groups is 1. The molecule has 0 aliphatic rings. The summed E-state index contributed by atoms with van der Waals surface area (Å²) in [5.41, 5.74) is 3.43. The Balaban J connectivity index is 1.71. The zero-order valence-corrected chi connectivity index (χ0v) is 20.7. The van der Waals surface area contributed by atoms with Gasteiger partial charge in [0.25, 0.3) is 0 Å². The number of hydrogen-bond acceptors (Lipinski definition) is 5. The molecule has 4 nitrogen and oxygen atoms in total. The van der Waals surface area contributed by atoms with Gasteiger partial charge in [0.1, 0.15) is 0 Å². The van der Waals surface area contributed by atoms with Gasteiger partial charge in [-0.3, -0.25) is 9.69 Å². The summed E-state index contributed by atoms with van der Waals surface area (Å²) in [6, 6.07) is 14.7. The Morgan fingerprint density at radius 1 is 1.06 bits per heavy atom. The van der Waals surface area contributed by atoms with E-state index in [1.165, 1.54) is 16.0 Å². The van der Waals surface area contributed by atoms with Crippen molar-refractivity contribution >= 4 is 44.4 Å². The summed E-state index contributed by atoms with van der Waals surface area (Å²) in [6.45, 7) is 12.1. The molecule has 31 heavy (non-hydrogen) atoms. The van der Waals surface area contributed by atoms with E-state index >= 15 is 0 Å². The molecule has 0 radical (unpaired) electrons. The minimum absolute atomic E-state index is 0.175. The number of nitrogens with zero attached hydrogens (tertiary/aromatic N) is 3. The molecule has 0 bridgehead atoms. The minimum atomic E-state index is 0.175. The van der Waals surface area contributed by atoms with E-state index in [2.05, 4.69) is 69.0 Å². The number of thioether (sulfide) groups is 1. The van der Waals surface area contributed by atoms with Gasteiger partial charge in [-0.1, -0.05) is 49.4 Å². The molecule has 2 aromatic carbocycles. The van der Waals surface area contributed by atoms with Gasteiger partial charge in [0, 0.05) is 24.4 Å². The fraction of sp³-hybridized carbons (Fsp3) is 0.440. The molecule has 1 amide bonds. The van der Waals surface area contributed by atoms with Gasteiger partial charge in [-0.2, -0.15) is 0 Å². The van der Waals surface area contributed by atoms with Gasteiger partial charge in [-0.15, -0.1) is 11.8 Å². The zero-order chi connectivity index (χ0) is 22.2. The second-order valence-electron chi connectivity index (χ2n) is 7.76. The molecule has 1 heterocycles. The smallest absolute Gasteiger partial charge is 0.228 e. The van der Waals surface area contributed by atoms with Crippen molar-refractivity contribution in [3.63, 3.8) is 0 Å². The lowest BCUT2D eigenvalue weighted by Crippen LogP contribution is -2.38. The molecule has 3 aromatic rings. The van der Waals surface area contributed by atoms with Crippen molar-refractivity contribution in [1.29, 1.82) is 0 Å². The first-order valence-electron chi connectivity index (χ1n) is 11.1. The molecule has 0 saturated heterocycles. The van der Waals surface area contributed by atoms with E-state index in [4.69, 9.17) is 4.98 Å². The number of aryl methyl sites for hydroxylation is 2. The number of benzene rings is 2. The Bertz CT molecular complexity index is 983. The molecule has 0 atom stereocenters. The lowest BCUT2D eigenvalue weighted by molar-refractivity contribution is -0.118. The summed E-state index contributed by atoms with van der Waals surface area (Å²) in [5.74, 6) is 1.12. The Morgan fingerprint density at radius 2 is 1.81 bits per heavy atom. The number of carbonyl (C=O) groups excluding carboxylic acids is 1. The highest BCUT2D eigenvalue weighted by molar-refractivity contribution is 7.99. The molecule has 6 heteroatoms. The Morgan fingerprint density at radius 3 is 2.52 bits per heavy atom. The summed E-state index contributed by atoms with van der Waals surface area (Å²) in [6.07, 6.45) is 1.41. The van der Waals surface area contributed by atoms with Gasteiger partial charge in [0.05, 0.1) is 10.2 Å². The van der Waals surface area contributed by atoms with Crippen LogP contribution in [0.25, 0.3) is 10.2 Å². The molecular formula is C25H33N3OS2. The van der Waals surface area contributed by atoms with Gasteiger partial charge in [0.15, 0.2) is 5.13 Å². The maximum Gasteiger partial charge on any atom is 0.228 e. The number of aromatic nitrogens is 1. The number of thiazole rings is 1. The number of amides is 1. The quantitative estimate of drug-likeness (QED) is 0.256. The molecule has 0 aliphatic heterocycles. The molecule has 0 N–H and O–H groups in total. The first-order chi connectivity index (χ1) is 15.0. The summed E-state index contributed by atoms with van der Waals surface area (Å²) in [4.78, 5) is 23.6. The van der Waals surface area contributed by atoms with Gasteiger partial charge < -0.3 is 4.90 Å². The maximum absolute atomic E-state index is 13.2. The fourth-order valence-electron chi connectivity index (χ4n) is 3.65. The van der Waals surface area contributed by atoms with E-state index in [0.29, 0.717) is 13.0 Å². The number of likely N-dealkylation sites (N-methyl/N-ethyl adjacent to an activating group) is 1. The predicted molar refractivity (Wildman–Crippen MR) is 136 cm³/mol. The lowest BCUT2D eigenvalue weighted by Gasteiger charge is -2.24. The van der Waals surface area contributed by atoms with Crippen molar-refractivity contribution in [1.82, 2.24) is 9.88 Å². The normalized spacial score (nSPS) is 11.4. The first-order valence-corrected chi connectivity index (χ1v) is 12.9. The van der Waals surface area contributed by atoms with Crippen molar-refractivity contribution in [3.8, 4) is 0 Å². The van der Waals surface area contributed by atoms with Crippen LogP contribution in [0.2, 0.25) is 0 Å². The highest BCUT2D eigenvalue weighted by Crippen LogP contribution is 2.32. The first kappa shape index (κ1) is 23.8.